The molecule has 114 valence electrons. The average molecular weight is 287 g/mol. The molecule has 4 heteroatoms. The van der Waals surface area contributed by atoms with Crippen LogP contribution in [0.3, 0.4) is 0 Å². The van der Waals surface area contributed by atoms with E-state index < -0.39 is 5.54 Å². The van der Waals surface area contributed by atoms with Crippen LogP contribution in [-0.4, -0.2) is 16.9 Å². The lowest BCUT2D eigenvalue weighted by Crippen LogP contribution is -2.36. The third-order valence-electron chi connectivity index (χ3n) is 3.85. The first-order chi connectivity index (χ1) is 10.0. The van der Waals surface area contributed by atoms with Gasteiger partial charge < -0.3 is 10.5 Å². The molecular weight excluding hydrogens is 262 g/mol. The van der Waals surface area contributed by atoms with Crippen molar-refractivity contribution in [3.63, 3.8) is 0 Å². The summed E-state index contributed by atoms with van der Waals surface area (Å²) in [4.78, 5) is 0. The predicted molar refractivity (Wildman–Crippen MR) is 85.5 cm³/mol. The number of methoxy groups -OCH3 is 1. The second-order valence-corrected chi connectivity index (χ2v) is 5.59. The fourth-order valence-electron chi connectivity index (χ4n) is 2.69. The number of nitrogens with two attached hydrogens (primary N) is 1. The average Bonchev–Trinajstić information content (AvgIpc) is 2.88. The molecule has 1 aromatic heterocycles. The van der Waals surface area contributed by atoms with Crippen LogP contribution in [-0.2, 0) is 24.9 Å². The van der Waals surface area contributed by atoms with Crippen LogP contribution in [0, 0.1) is 0 Å². The van der Waals surface area contributed by atoms with Gasteiger partial charge in [-0.2, -0.15) is 5.10 Å². The van der Waals surface area contributed by atoms with Gasteiger partial charge in [0.2, 0.25) is 0 Å². The summed E-state index contributed by atoms with van der Waals surface area (Å²) < 4.78 is 7.49. The molecule has 4 nitrogen and oxygen atoms in total. The molecule has 0 aliphatic carbocycles. The summed E-state index contributed by atoms with van der Waals surface area (Å²) in [5, 5.41) is 4.60. The minimum atomic E-state index is -0.495. The molecule has 0 saturated heterocycles. The van der Waals surface area contributed by atoms with Crippen LogP contribution in [0.25, 0.3) is 0 Å². The fraction of sp³-hybridized carbons (Fsp3) is 0.471. The Hall–Kier alpha value is -1.81. The number of benzene rings is 1. The molecule has 2 rings (SSSR count). The maximum Gasteiger partial charge on any atom is 0.123 e. The Labute approximate surface area is 126 Å². The van der Waals surface area contributed by atoms with Crippen LogP contribution in [0.2, 0.25) is 0 Å². The maximum absolute atomic E-state index is 6.60. The molecule has 2 aromatic rings. The summed E-state index contributed by atoms with van der Waals surface area (Å²) in [5.74, 6) is 0.834. The minimum Gasteiger partial charge on any atom is -0.496 e. The van der Waals surface area contributed by atoms with Gasteiger partial charge in [0.15, 0.2) is 0 Å². The van der Waals surface area contributed by atoms with E-state index in [1.165, 1.54) is 5.69 Å². The number of hydrogen-bond acceptors (Lipinski definition) is 3. The van der Waals surface area contributed by atoms with Crippen LogP contribution in [0.15, 0.2) is 30.3 Å². The van der Waals surface area contributed by atoms with E-state index in [9.17, 15) is 0 Å². The summed E-state index contributed by atoms with van der Waals surface area (Å²) in [6, 6.07) is 10.1. The summed E-state index contributed by atoms with van der Waals surface area (Å²) in [7, 11) is 1.68. The first-order valence-corrected chi connectivity index (χ1v) is 7.49. The van der Waals surface area contributed by atoms with Crippen LogP contribution < -0.4 is 10.5 Å². The largest absolute Gasteiger partial charge is 0.496 e. The molecule has 2 N–H and O–H groups in total. The first-order valence-electron chi connectivity index (χ1n) is 7.49. The number of hydrogen-bond donors (Lipinski definition) is 1. The van der Waals surface area contributed by atoms with Gasteiger partial charge in [0, 0.05) is 29.8 Å². The molecule has 0 fully saturated rings. The summed E-state index contributed by atoms with van der Waals surface area (Å²) in [6.45, 7) is 7.13. The molecule has 1 aromatic carbocycles. The zero-order valence-electron chi connectivity index (χ0n) is 13.4. The molecule has 0 aliphatic heterocycles. The van der Waals surface area contributed by atoms with Gasteiger partial charge in [-0.3, -0.25) is 4.68 Å². The van der Waals surface area contributed by atoms with Gasteiger partial charge in [0.05, 0.1) is 12.8 Å². The van der Waals surface area contributed by atoms with Gasteiger partial charge in [0.25, 0.3) is 0 Å². The van der Waals surface area contributed by atoms with Crippen molar-refractivity contribution < 1.29 is 4.74 Å². The number of aryl methyl sites for hydroxylation is 2. The van der Waals surface area contributed by atoms with Gasteiger partial charge >= 0.3 is 0 Å². The van der Waals surface area contributed by atoms with Crippen molar-refractivity contribution in [3.05, 3.63) is 47.3 Å². The molecule has 1 atom stereocenters. The Morgan fingerprint density at radius 2 is 2.00 bits per heavy atom. The highest BCUT2D eigenvalue weighted by Gasteiger charge is 2.27. The van der Waals surface area contributed by atoms with Crippen molar-refractivity contribution in [2.75, 3.05) is 7.11 Å². The lowest BCUT2D eigenvalue weighted by Gasteiger charge is -2.27. The summed E-state index contributed by atoms with van der Waals surface area (Å²) in [6.07, 6.45) is 1.67. The topological polar surface area (TPSA) is 53.1 Å². The van der Waals surface area contributed by atoms with E-state index in [1.807, 2.05) is 35.9 Å². The van der Waals surface area contributed by atoms with E-state index in [-0.39, 0.29) is 0 Å². The van der Waals surface area contributed by atoms with E-state index in [4.69, 9.17) is 10.5 Å². The fourth-order valence-corrected chi connectivity index (χ4v) is 2.69. The zero-order valence-corrected chi connectivity index (χ0v) is 13.4. The van der Waals surface area contributed by atoms with Crippen molar-refractivity contribution in [1.82, 2.24) is 9.78 Å². The van der Waals surface area contributed by atoms with E-state index in [0.29, 0.717) is 0 Å². The predicted octanol–water partition coefficient (Wildman–Crippen LogP) is 2.89. The number of para-hydroxylation sites is 1. The quantitative estimate of drug-likeness (QED) is 0.889. The van der Waals surface area contributed by atoms with E-state index in [2.05, 4.69) is 25.0 Å². The van der Waals surface area contributed by atoms with E-state index in [0.717, 1.165) is 36.4 Å². The molecule has 0 radical (unpaired) electrons. The standard InChI is InChI=1S/C17H25N3O/c1-5-13-11-14(20(6-2)19-13)12-17(3,18)15-9-7-8-10-16(15)21-4/h7-11H,5-6,12,18H2,1-4H3. The number of ether oxygens (including phenoxy) is 1. The van der Waals surface area contributed by atoms with Gasteiger partial charge in [0.1, 0.15) is 5.75 Å². The molecule has 21 heavy (non-hydrogen) atoms. The SMILES string of the molecule is CCc1cc(CC(C)(N)c2ccccc2OC)n(CC)n1. The van der Waals surface area contributed by atoms with Gasteiger partial charge in [-0.1, -0.05) is 25.1 Å². The highest BCUT2D eigenvalue weighted by Crippen LogP contribution is 2.30. The Kier molecular flexibility index (Phi) is 4.68. The Morgan fingerprint density at radius 1 is 1.29 bits per heavy atom. The normalized spacial score (nSPS) is 14.0. The van der Waals surface area contributed by atoms with Crippen molar-refractivity contribution in [1.29, 1.82) is 0 Å². The smallest absolute Gasteiger partial charge is 0.123 e. The molecule has 0 spiro atoms. The number of aromatic nitrogens is 2. The molecule has 0 amide bonds. The maximum atomic E-state index is 6.60. The highest BCUT2D eigenvalue weighted by atomic mass is 16.5. The number of nitrogens with zero attached hydrogens (tertiary/aromatic N) is 2. The molecular formula is C17H25N3O. The Bertz CT molecular complexity index is 602. The third-order valence-corrected chi connectivity index (χ3v) is 3.85. The van der Waals surface area contributed by atoms with Crippen LogP contribution in [0.1, 0.15) is 37.7 Å². The molecule has 1 unspecified atom stereocenters. The summed E-state index contributed by atoms with van der Waals surface area (Å²) in [5.41, 5.74) is 9.41. The summed E-state index contributed by atoms with van der Waals surface area (Å²) >= 11 is 0. The van der Waals surface area contributed by atoms with Gasteiger partial charge in [-0.05, 0) is 32.4 Å². The van der Waals surface area contributed by atoms with Crippen molar-refractivity contribution in [2.24, 2.45) is 5.73 Å². The third kappa shape index (κ3) is 3.27. The Morgan fingerprint density at radius 3 is 2.62 bits per heavy atom. The van der Waals surface area contributed by atoms with Crippen molar-refractivity contribution in [3.8, 4) is 5.75 Å². The molecule has 0 aliphatic rings. The van der Waals surface area contributed by atoms with Crippen LogP contribution in [0.5, 0.6) is 5.75 Å². The second-order valence-electron chi connectivity index (χ2n) is 5.59. The number of rotatable bonds is 6. The van der Waals surface area contributed by atoms with Crippen LogP contribution in [0.4, 0.5) is 0 Å². The van der Waals surface area contributed by atoms with E-state index >= 15 is 0 Å². The molecule has 0 saturated carbocycles. The van der Waals surface area contributed by atoms with E-state index in [1.54, 1.807) is 7.11 Å². The second kappa shape index (κ2) is 6.31. The molecule has 0 bridgehead atoms. The Balaban J connectivity index is 2.34. The van der Waals surface area contributed by atoms with Gasteiger partial charge in [-0.15, -0.1) is 0 Å². The lowest BCUT2D eigenvalue weighted by molar-refractivity contribution is 0.382. The zero-order chi connectivity index (χ0) is 15.5. The van der Waals surface area contributed by atoms with Crippen LogP contribution >= 0.6 is 0 Å². The highest BCUT2D eigenvalue weighted by molar-refractivity contribution is 5.39. The van der Waals surface area contributed by atoms with Crippen molar-refractivity contribution >= 4 is 0 Å². The first kappa shape index (κ1) is 15.6. The monoisotopic (exact) mass is 287 g/mol. The molecule has 1 heterocycles. The minimum absolute atomic E-state index is 0.495. The van der Waals surface area contributed by atoms with Gasteiger partial charge in [-0.25, -0.2) is 0 Å². The van der Waals surface area contributed by atoms with Crippen molar-refractivity contribution in [2.45, 2.75) is 45.7 Å². The lowest BCUT2D eigenvalue weighted by atomic mass is 9.87.